The van der Waals surface area contributed by atoms with E-state index in [0.29, 0.717) is 22.8 Å². The minimum absolute atomic E-state index is 0.295. The molecule has 0 aliphatic rings. The van der Waals surface area contributed by atoms with E-state index in [4.69, 9.17) is 16.9 Å². The molecule has 0 bridgehead atoms. The van der Waals surface area contributed by atoms with Crippen LogP contribution in [0.1, 0.15) is 11.1 Å². The molecule has 2 aromatic rings. The summed E-state index contributed by atoms with van der Waals surface area (Å²) in [5.41, 5.74) is 1.94. The van der Waals surface area contributed by atoms with Crippen LogP contribution in [-0.2, 0) is 6.54 Å². The Kier molecular flexibility index (Phi) is 4.41. The summed E-state index contributed by atoms with van der Waals surface area (Å²) in [4.78, 5) is 0. The fourth-order valence-corrected chi connectivity index (χ4v) is 2.17. The highest BCUT2D eigenvalue weighted by molar-refractivity contribution is 9.10. The maximum atomic E-state index is 13.2. The minimum Gasteiger partial charge on any atom is -0.380 e. The summed E-state index contributed by atoms with van der Waals surface area (Å²) < 4.78 is 14.0. The van der Waals surface area contributed by atoms with E-state index in [0.717, 1.165) is 10.0 Å². The molecular formula is C14H9BrClFN2. The Morgan fingerprint density at radius 3 is 2.79 bits per heavy atom. The second-order valence-corrected chi connectivity index (χ2v) is 5.16. The van der Waals surface area contributed by atoms with Crippen LogP contribution in [0.4, 0.5) is 10.1 Å². The van der Waals surface area contributed by atoms with Crippen molar-refractivity contribution in [1.82, 2.24) is 0 Å². The molecule has 0 atom stereocenters. The van der Waals surface area contributed by atoms with Crippen LogP contribution < -0.4 is 5.32 Å². The van der Waals surface area contributed by atoms with Crippen LogP contribution in [-0.4, -0.2) is 0 Å². The zero-order valence-electron chi connectivity index (χ0n) is 9.75. The second kappa shape index (κ2) is 6.05. The van der Waals surface area contributed by atoms with Crippen LogP contribution in [0.2, 0.25) is 5.02 Å². The van der Waals surface area contributed by atoms with Gasteiger partial charge in [-0.05, 0) is 42.0 Å². The van der Waals surface area contributed by atoms with Gasteiger partial charge in [-0.15, -0.1) is 0 Å². The van der Waals surface area contributed by atoms with Crippen molar-refractivity contribution in [3.05, 3.63) is 62.8 Å². The lowest BCUT2D eigenvalue weighted by Gasteiger charge is -2.10. The third-order valence-electron chi connectivity index (χ3n) is 2.57. The lowest BCUT2D eigenvalue weighted by molar-refractivity contribution is 0.625. The summed E-state index contributed by atoms with van der Waals surface area (Å²) in [6.07, 6.45) is 0. The molecule has 0 amide bonds. The first-order chi connectivity index (χ1) is 9.10. The molecule has 0 unspecified atom stereocenters. The monoisotopic (exact) mass is 338 g/mol. The number of hydrogen-bond donors (Lipinski definition) is 1. The molecule has 0 fully saturated rings. The van der Waals surface area contributed by atoms with Gasteiger partial charge in [0.25, 0.3) is 0 Å². The number of rotatable bonds is 3. The Balaban J connectivity index is 2.19. The summed E-state index contributed by atoms with van der Waals surface area (Å²) in [6.45, 7) is 0.410. The van der Waals surface area contributed by atoms with Gasteiger partial charge < -0.3 is 5.32 Å². The lowest BCUT2D eigenvalue weighted by atomic mass is 10.2. The van der Waals surface area contributed by atoms with Crippen molar-refractivity contribution in [2.75, 3.05) is 5.32 Å². The first kappa shape index (κ1) is 13.9. The Morgan fingerprint density at radius 1 is 1.26 bits per heavy atom. The highest BCUT2D eigenvalue weighted by Gasteiger charge is 2.05. The first-order valence-corrected chi connectivity index (χ1v) is 6.64. The molecule has 0 aromatic heterocycles. The van der Waals surface area contributed by atoms with Gasteiger partial charge in [-0.2, -0.15) is 5.26 Å². The van der Waals surface area contributed by atoms with Crippen molar-refractivity contribution in [2.45, 2.75) is 6.54 Å². The van der Waals surface area contributed by atoms with Gasteiger partial charge in [0, 0.05) is 11.0 Å². The van der Waals surface area contributed by atoms with Crippen molar-refractivity contribution in [3.63, 3.8) is 0 Å². The maximum Gasteiger partial charge on any atom is 0.123 e. The smallest absolute Gasteiger partial charge is 0.123 e. The molecule has 5 heteroatoms. The molecule has 0 heterocycles. The quantitative estimate of drug-likeness (QED) is 0.878. The van der Waals surface area contributed by atoms with Gasteiger partial charge in [-0.1, -0.05) is 27.5 Å². The molecule has 19 heavy (non-hydrogen) atoms. The van der Waals surface area contributed by atoms with Gasteiger partial charge in [-0.3, -0.25) is 0 Å². The van der Waals surface area contributed by atoms with Crippen LogP contribution in [0.25, 0.3) is 0 Å². The summed E-state index contributed by atoms with van der Waals surface area (Å²) in [6, 6.07) is 11.5. The molecule has 1 N–H and O–H groups in total. The third kappa shape index (κ3) is 3.46. The van der Waals surface area contributed by atoms with Crippen LogP contribution in [0.5, 0.6) is 0 Å². The highest BCUT2D eigenvalue weighted by atomic mass is 79.9. The predicted octanol–water partition coefficient (Wildman–Crippen LogP) is 4.73. The minimum atomic E-state index is -0.295. The lowest BCUT2D eigenvalue weighted by Crippen LogP contribution is -2.01. The van der Waals surface area contributed by atoms with Gasteiger partial charge in [0.15, 0.2) is 0 Å². The molecule has 0 spiro atoms. The van der Waals surface area contributed by atoms with Crippen molar-refractivity contribution in [3.8, 4) is 6.07 Å². The largest absolute Gasteiger partial charge is 0.380 e. The van der Waals surface area contributed by atoms with Crippen molar-refractivity contribution < 1.29 is 4.39 Å². The van der Waals surface area contributed by atoms with Crippen LogP contribution in [0.15, 0.2) is 40.9 Å². The normalized spacial score (nSPS) is 10.0. The van der Waals surface area contributed by atoms with Gasteiger partial charge in [0.1, 0.15) is 5.82 Å². The number of anilines is 1. The molecule has 96 valence electrons. The highest BCUT2D eigenvalue weighted by Crippen LogP contribution is 2.25. The van der Waals surface area contributed by atoms with E-state index in [1.54, 1.807) is 24.3 Å². The fraction of sp³-hybridized carbons (Fsp3) is 0.0714. The molecule has 0 saturated carbocycles. The van der Waals surface area contributed by atoms with Crippen LogP contribution in [0.3, 0.4) is 0 Å². The predicted molar refractivity (Wildman–Crippen MR) is 77.6 cm³/mol. The maximum absolute atomic E-state index is 13.2. The molecule has 0 aliphatic heterocycles. The van der Waals surface area contributed by atoms with E-state index >= 15 is 0 Å². The first-order valence-electron chi connectivity index (χ1n) is 5.47. The number of benzene rings is 2. The topological polar surface area (TPSA) is 35.8 Å². The summed E-state index contributed by atoms with van der Waals surface area (Å²) >= 11 is 9.39. The molecule has 0 saturated heterocycles. The number of hydrogen-bond acceptors (Lipinski definition) is 2. The Labute approximate surface area is 123 Å². The van der Waals surface area contributed by atoms with E-state index in [2.05, 4.69) is 21.2 Å². The van der Waals surface area contributed by atoms with Crippen molar-refractivity contribution in [2.24, 2.45) is 0 Å². The zero-order chi connectivity index (χ0) is 13.8. The molecule has 2 nitrogen and oxygen atoms in total. The van der Waals surface area contributed by atoms with E-state index < -0.39 is 0 Å². The summed E-state index contributed by atoms with van der Waals surface area (Å²) in [5.74, 6) is -0.295. The van der Waals surface area contributed by atoms with Gasteiger partial charge in [-0.25, -0.2) is 4.39 Å². The SMILES string of the molecule is N#Cc1ccc(Cl)c(NCc2cc(F)ccc2Br)c1. The number of nitrogens with one attached hydrogen (secondary N) is 1. The average molecular weight is 340 g/mol. The van der Waals surface area contributed by atoms with Crippen LogP contribution >= 0.6 is 27.5 Å². The number of halogens is 3. The van der Waals surface area contributed by atoms with Crippen molar-refractivity contribution >= 4 is 33.2 Å². The Bertz CT molecular complexity index is 652. The van der Waals surface area contributed by atoms with E-state index in [-0.39, 0.29) is 5.82 Å². The van der Waals surface area contributed by atoms with Crippen molar-refractivity contribution in [1.29, 1.82) is 5.26 Å². The van der Waals surface area contributed by atoms with Gasteiger partial charge in [0.05, 0.1) is 22.3 Å². The van der Waals surface area contributed by atoms with E-state index in [1.807, 2.05) is 6.07 Å². The Hall–Kier alpha value is -1.57. The van der Waals surface area contributed by atoms with E-state index in [9.17, 15) is 4.39 Å². The summed E-state index contributed by atoms with van der Waals surface area (Å²) in [7, 11) is 0. The van der Waals surface area contributed by atoms with Gasteiger partial charge in [0.2, 0.25) is 0 Å². The molecule has 0 radical (unpaired) electrons. The Morgan fingerprint density at radius 2 is 2.05 bits per heavy atom. The third-order valence-corrected chi connectivity index (χ3v) is 3.68. The fourth-order valence-electron chi connectivity index (χ4n) is 1.60. The molecule has 0 aliphatic carbocycles. The number of nitrogens with zero attached hydrogens (tertiary/aromatic N) is 1. The van der Waals surface area contributed by atoms with E-state index in [1.165, 1.54) is 12.1 Å². The molecule has 2 aromatic carbocycles. The number of nitriles is 1. The van der Waals surface area contributed by atoms with Gasteiger partial charge >= 0.3 is 0 Å². The second-order valence-electron chi connectivity index (χ2n) is 3.90. The van der Waals surface area contributed by atoms with Crippen LogP contribution in [0, 0.1) is 17.1 Å². The summed E-state index contributed by atoms with van der Waals surface area (Å²) in [5, 5.41) is 12.5. The zero-order valence-corrected chi connectivity index (χ0v) is 12.1. The average Bonchev–Trinajstić information content (AvgIpc) is 2.41. The molecule has 2 rings (SSSR count). The molecular weight excluding hydrogens is 331 g/mol. The standard InChI is InChI=1S/C14H9BrClFN2/c15-12-3-2-11(17)6-10(12)8-19-14-5-9(7-18)1-4-13(14)16/h1-6,19H,8H2.